The quantitative estimate of drug-likeness (QED) is 0.886. The fourth-order valence-corrected chi connectivity index (χ4v) is 3.36. The number of aryl methyl sites for hydroxylation is 1. The molecule has 0 spiro atoms. The third kappa shape index (κ3) is 2.88. The SMILES string of the molecule is CNS(=O)(=O)c1ccc(CNC2CCc3ccccc32)o1. The van der Waals surface area contributed by atoms with Gasteiger partial charge in [-0.25, -0.2) is 13.1 Å². The minimum absolute atomic E-state index is 0.0476. The van der Waals surface area contributed by atoms with Gasteiger partial charge in [-0.1, -0.05) is 24.3 Å². The Morgan fingerprint density at radius 2 is 2.05 bits per heavy atom. The maximum Gasteiger partial charge on any atom is 0.273 e. The van der Waals surface area contributed by atoms with Crippen molar-refractivity contribution in [1.82, 2.24) is 10.0 Å². The van der Waals surface area contributed by atoms with Gasteiger partial charge in [0, 0.05) is 6.04 Å². The molecule has 0 fully saturated rings. The van der Waals surface area contributed by atoms with Crippen molar-refractivity contribution < 1.29 is 12.8 Å². The van der Waals surface area contributed by atoms with Gasteiger partial charge in [0.15, 0.2) is 0 Å². The summed E-state index contributed by atoms with van der Waals surface area (Å²) in [5, 5.41) is 3.38. The van der Waals surface area contributed by atoms with Gasteiger partial charge in [-0.15, -0.1) is 0 Å². The first kappa shape index (κ1) is 14.3. The molecule has 21 heavy (non-hydrogen) atoms. The van der Waals surface area contributed by atoms with Crippen molar-refractivity contribution in [2.24, 2.45) is 0 Å². The fraction of sp³-hybridized carbons (Fsp3) is 0.333. The third-order valence-electron chi connectivity index (χ3n) is 3.83. The predicted molar refractivity (Wildman–Crippen MR) is 79.3 cm³/mol. The second kappa shape index (κ2) is 5.63. The number of furan rings is 1. The summed E-state index contributed by atoms with van der Waals surface area (Å²) < 4.78 is 30.8. The topological polar surface area (TPSA) is 71.3 Å². The van der Waals surface area contributed by atoms with E-state index in [0.29, 0.717) is 18.3 Å². The number of benzene rings is 1. The van der Waals surface area contributed by atoms with Crippen molar-refractivity contribution in [2.75, 3.05) is 7.05 Å². The summed E-state index contributed by atoms with van der Waals surface area (Å²) in [6, 6.07) is 11.9. The predicted octanol–water partition coefficient (Wildman–Crippen LogP) is 1.96. The van der Waals surface area contributed by atoms with E-state index >= 15 is 0 Å². The summed E-state index contributed by atoms with van der Waals surface area (Å²) in [6.07, 6.45) is 2.13. The number of hydrogen-bond donors (Lipinski definition) is 2. The number of fused-ring (bicyclic) bond motifs is 1. The molecule has 0 aliphatic heterocycles. The Labute approximate surface area is 124 Å². The van der Waals surface area contributed by atoms with E-state index in [1.165, 1.54) is 24.2 Å². The maximum atomic E-state index is 11.6. The van der Waals surface area contributed by atoms with Gasteiger partial charge in [0.05, 0.1) is 6.54 Å². The van der Waals surface area contributed by atoms with E-state index in [1.54, 1.807) is 6.07 Å². The molecule has 3 rings (SSSR count). The Morgan fingerprint density at radius 3 is 2.86 bits per heavy atom. The van der Waals surface area contributed by atoms with Gasteiger partial charge in [0.1, 0.15) is 5.76 Å². The van der Waals surface area contributed by atoms with Gasteiger partial charge in [-0.2, -0.15) is 0 Å². The number of hydrogen-bond acceptors (Lipinski definition) is 4. The van der Waals surface area contributed by atoms with Gasteiger partial charge < -0.3 is 9.73 Å². The molecule has 0 saturated carbocycles. The second-order valence-electron chi connectivity index (χ2n) is 5.10. The van der Waals surface area contributed by atoms with Crippen LogP contribution in [0.2, 0.25) is 0 Å². The number of sulfonamides is 1. The number of nitrogens with one attached hydrogen (secondary N) is 2. The average Bonchev–Trinajstić information content (AvgIpc) is 3.12. The molecule has 0 saturated heterocycles. The van der Waals surface area contributed by atoms with Crippen molar-refractivity contribution in [2.45, 2.75) is 30.5 Å². The Morgan fingerprint density at radius 1 is 1.24 bits per heavy atom. The fourth-order valence-electron chi connectivity index (χ4n) is 2.69. The summed E-state index contributed by atoms with van der Waals surface area (Å²) in [5.74, 6) is 0.619. The Hall–Kier alpha value is -1.63. The zero-order valence-electron chi connectivity index (χ0n) is 11.8. The maximum absolute atomic E-state index is 11.6. The van der Waals surface area contributed by atoms with E-state index in [-0.39, 0.29) is 5.09 Å². The molecule has 2 N–H and O–H groups in total. The van der Waals surface area contributed by atoms with Gasteiger partial charge in [-0.3, -0.25) is 0 Å². The highest BCUT2D eigenvalue weighted by atomic mass is 32.2. The van der Waals surface area contributed by atoms with Crippen LogP contribution in [0.5, 0.6) is 0 Å². The molecule has 1 heterocycles. The molecular formula is C15H18N2O3S. The first-order chi connectivity index (χ1) is 10.1. The Kier molecular flexibility index (Phi) is 3.84. The van der Waals surface area contributed by atoms with Crippen molar-refractivity contribution in [3.05, 3.63) is 53.3 Å². The highest BCUT2D eigenvalue weighted by Crippen LogP contribution is 2.31. The van der Waals surface area contributed by atoms with E-state index in [0.717, 1.165) is 12.8 Å². The third-order valence-corrected chi connectivity index (χ3v) is 5.11. The number of rotatable bonds is 5. The average molecular weight is 306 g/mol. The second-order valence-corrected chi connectivity index (χ2v) is 6.92. The molecule has 6 heteroatoms. The highest BCUT2D eigenvalue weighted by Gasteiger charge is 2.22. The van der Waals surface area contributed by atoms with Crippen LogP contribution in [0.4, 0.5) is 0 Å². The molecule has 0 bridgehead atoms. The summed E-state index contributed by atoms with van der Waals surface area (Å²) in [6.45, 7) is 0.512. The van der Waals surface area contributed by atoms with Crippen LogP contribution >= 0.6 is 0 Å². The molecule has 5 nitrogen and oxygen atoms in total. The zero-order valence-corrected chi connectivity index (χ0v) is 12.6. The van der Waals surface area contributed by atoms with Gasteiger partial charge >= 0.3 is 0 Å². The van der Waals surface area contributed by atoms with E-state index in [9.17, 15) is 8.42 Å². The van der Waals surface area contributed by atoms with Crippen LogP contribution in [-0.4, -0.2) is 15.5 Å². The Balaban J connectivity index is 1.67. The molecule has 1 aliphatic rings. The van der Waals surface area contributed by atoms with Gasteiger partial charge in [0.2, 0.25) is 5.09 Å². The van der Waals surface area contributed by atoms with Crippen LogP contribution in [0.3, 0.4) is 0 Å². The van der Waals surface area contributed by atoms with E-state index < -0.39 is 10.0 Å². The van der Waals surface area contributed by atoms with E-state index in [4.69, 9.17) is 4.42 Å². The van der Waals surface area contributed by atoms with Gasteiger partial charge in [0.25, 0.3) is 10.0 Å². The summed E-state index contributed by atoms with van der Waals surface area (Å²) in [7, 11) is -2.14. The lowest BCUT2D eigenvalue weighted by Gasteiger charge is -2.12. The largest absolute Gasteiger partial charge is 0.447 e. The van der Waals surface area contributed by atoms with Crippen LogP contribution in [-0.2, 0) is 23.0 Å². The smallest absolute Gasteiger partial charge is 0.273 e. The van der Waals surface area contributed by atoms with Crippen LogP contribution in [0.1, 0.15) is 29.3 Å². The van der Waals surface area contributed by atoms with Crippen molar-refractivity contribution >= 4 is 10.0 Å². The molecule has 0 amide bonds. The standard InChI is InChI=1S/C15H18N2O3S/c1-16-21(18,19)15-9-7-12(20-15)10-17-14-8-6-11-4-2-3-5-13(11)14/h2-5,7,9,14,16-17H,6,8,10H2,1H3. The molecule has 0 radical (unpaired) electrons. The first-order valence-electron chi connectivity index (χ1n) is 6.93. The van der Waals surface area contributed by atoms with Gasteiger partial charge in [-0.05, 0) is 43.1 Å². The zero-order chi connectivity index (χ0) is 14.9. The van der Waals surface area contributed by atoms with Crippen LogP contribution in [0.15, 0.2) is 45.9 Å². The highest BCUT2D eigenvalue weighted by molar-refractivity contribution is 7.89. The van der Waals surface area contributed by atoms with Crippen molar-refractivity contribution in [3.8, 4) is 0 Å². The summed E-state index contributed by atoms with van der Waals surface area (Å²) >= 11 is 0. The van der Waals surface area contributed by atoms with Crippen LogP contribution < -0.4 is 10.0 Å². The van der Waals surface area contributed by atoms with E-state index in [2.05, 4.69) is 28.2 Å². The summed E-state index contributed by atoms with van der Waals surface area (Å²) in [4.78, 5) is 0. The molecule has 1 unspecified atom stereocenters. The lowest BCUT2D eigenvalue weighted by atomic mass is 10.1. The molecular weight excluding hydrogens is 288 g/mol. The molecule has 112 valence electrons. The summed E-state index contributed by atoms with van der Waals surface area (Å²) in [5.41, 5.74) is 2.71. The normalized spacial score (nSPS) is 17.9. The Bertz CT molecular complexity index is 737. The first-order valence-corrected chi connectivity index (χ1v) is 8.42. The van der Waals surface area contributed by atoms with E-state index in [1.807, 2.05) is 6.07 Å². The minimum atomic E-state index is -3.51. The molecule has 1 aliphatic carbocycles. The monoisotopic (exact) mass is 306 g/mol. The molecule has 1 aromatic carbocycles. The lowest BCUT2D eigenvalue weighted by molar-refractivity contribution is 0.388. The molecule has 2 aromatic rings. The van der Waals surface area contributed by atoms with Crippen LogP contribution in [0, 0.1) is 0 Å². The molecule has 1 aromatic heterocycles. The van der Waals surface area contributed by atoms with Crippen molar-refractivity contribution in [1.29, 1.82) is 0 Å². The molecule has 1 atom stereocenters. The lowest BCUT2D eigenvalue weighted by Crippen LogP contribution is -2.19. The van der Waals surface area contributed by atoms with Crippen molar-refractivity contribution in [3.63, 3.8) is 0 Å². The van der Waals surface area contributed by atoms with Crippen LogP contribution in [0.25, 0.3) is 0 Å². The minimum Gasteiger partial charge on any atom is -0.447 e.